The standard InChI is InChI=1S/C14H18N4O/c1-3-18-11(8-10(2)17-18)9-16-14(19)12-6-4-5-7-13(12)15/h4-8H,3,9,15H2,1-2H3,(H,16,19). The number of benzene rings is 1. The maximum atomic E-state index is 12.0. The summed E-state index contributed by atoms with van der Waals surface area (Å²) >= 11 is 0. The quantitative estimate of drug-likeness (QED) is 0.820. The van der Waals surface area contributed by atoms with E-state index in [9.17, 15) is 4.79 Å². The van der Waals surface area contributed by atoms with E-state index in [1.54, 1.807) is 18.2 Å². The Balaban J connectivity index is 2.06. The largest absolute Gasteiger partial charge is 0.398 e. The molecule has 19 heavy (non-hydrogen) atoms. The molecule has 100 valence electrons. The Kier molecular flexibility index (Phi) is 3.85. The highest BCUT2D eigenvalue weighted by molar-refractivity contribution is 5.98. The van der Waals surface area contributed by atoms with Gasteiger partial charge >= 0.3 is 0 Å². The van der Waals surface area contributed by atoms with E-state index in [1.165, 1.54) is 0 Å². The summed E-state index contributed by atoms with van der Waals surface area (Å²) in [4.78, 5) is 12.0. The molecule has 2 aromatic rings. The predicted molar refractivity (Wildman–Crippen MR) is 74.7 cm³/mol. The molecule has 0 atom stereocenters. The Hall–Kier alpha value is -2.30. The molecule has 0 saturated carbocycles. The van der Waals surface area contributed by atoms with Crippen molar-refractivity contribution in [1.82, 2.24) is 15.1 Å². The molecule has 0 unspecified atom stereocenters. The van der Waals surface area contributed by atoms with Gasteiger partial charge in [-0.2, -0.15) is 5.10 Å². The van der Waals surface area contributed by atoms with Crippen molar-refractivity contribution in [2.75, 3.05) is 5.73 Å². The molecule has 3 N–H and O–H groups in total. The van der Waals surface area contributed by atoms with Gasteiger partial charge in [0, 0.05) is 12.2 Å². The predicted octanol–water partition coefficient (Wildman–Crippen LogP) is 1.72. The Bertz CT molecular complexity index is 589. The summed E-state index contributed by atoms with van der Waals surface area (Å²) in [7, 11) is 0. The van der Waals surface area contributed by atoms with Crippen molar-refractivity contribution in [3.63, 3.8) is 0 Å². The van der Waals surface area contributed by atoms with Gasteiger partial charge in [0.1, 0.15) is 0 Å². The van der Waals surface area contributed by atoms with Crippen molar-refractivity contribution >= 4 is 11.6 Å². The summed E-state index contributed by atoms with van der Waals surface area (Å²) in [5.74, 6) is -0.167. The topological polar surface area (TPSA) is 72.9 Å². The van der Waals surface area contributed by atoms with Crippen LogP contribution in [0, 0.1) is 6.92 Å². The Labute approximate surface area is 112 Å². The third kappa shape index (κ3) is 2.93. The number of carbonyl (C=O) groups is 1. The van der Waals surface area contributed by atoms with E-state index in [0.29, 0.717) is 17.8 Å². The molecule has 0 saturated heterocycles. The zero-order valence-electron chi connectivity index (χ0n) is 11.2. The summed E-state index contributed by atoms with van der Waals surface area (Å²) in [5, 5.41) is 7.20. The third-order valence-electron chi connectivity index (χ3n) is 2.92. The summed E-state index contributed by atoms with van der Waals surface area (Å²) in [5.41, 5.74) is 8.70. The van der Waals surface area contributed by atoms with E-state index in [-0.39, 0.29) is 5.91 Å². The smallest absolute Gasteiger partial charge is 0.253 e. The molecule has 0 aliphatic rings. The SMILES string of the molecule is CCn1nc(C)cc1CNC(=O)c1ccccc1N. The molecule has 5 nitrogen and oxygen atoms in total. The van der Waals surface area contributed by atoms with E-state index in [0.717, 1.165) is 17.9 Å². The lowest BCUT2D eigenvalue weighted by Gasteiger charge is -2.08. The van der Waals surface area contributed by atoms with Crippen molar-refractivity contribution < 1.29 is 4.79 Å². The second kappa shape index (κ2) is 5.56. The van der Waals surface area contributed by atoms with Crippen molar-refractivity contribution in [2.24, 2.45) is 0 Å². The maximum absolute atomic E-state index is 12.0. The lowest BCUT2D eigenvalue weighted by atomic mass is 10.1. The fraction of sp³-hybridized carbons (Fsp3) is 0.286. The lowest BCUT2D eigenvalue weighted by Crippen LogP contribution is -2.25. The van der Waals surface area contributed by atoms with Gasteiger partial charge in [-0.15, -0.1) is 0 Å². The van der Waals surface area contributed by atoms with Gasteiger partial charge in [0.2, 0.25) is 0 Å². The molecule has 1 amide bonds. The Morgan fingerprint density at radius 3 is 2.84 bits per heavy atom. The van der Waals surface area contributed by atoms with E-state index in [1.807, 2.05) is 30.7 Å². The van der Waals surface area contributed by atoms with Crippen LogP contribution in [0.2, 0.25) is 0 Å². The van der Waals surface area contributed by atoms with Crippen molar-refractivity contribution in [3.8, 4) is 0 Å². The number of para-hydroxylation sites is 1. The molecule has 0 fully saturated rings. The molecule has 5 heteroatoms. The number of anilines is 1. The summed E-state index contributed by atoms with van der Waals surface area (Å²) in [6, 6.07) is 9.01. The van der Waals surface area contributed by atoms with Crippen LogP contribution in [0.5, 0.6) is 0 Å². The first kappa shape index (κ1) is 13.1. The van der Waals surface area contributed by atoms with E-state index >= 15 is 0 Å². The fourth-order valence-electron chi connectivity index (χ4n) is 1.99. The highest BCUT2D eigenvalue weighted by atomic mass is 16.1. The van der Waals surface area contributed by atoms with Crippen LogP contribution in [-0.2, 0) is 13.1 Å². The summed E-state index contributed by atoms with van der Waals surface area (Å²) in [6.45, 7) is 5.19. The van der Waals surface area contributed by atoms with Crippen LogP contribution in [0.25, 0.3) is 0 Å². The maximum Gasteiger partial charge on any atom is 0.253 e. The van der Waals surface area contributed by atoms with Crippen molar-refractivity contribution in [1.29, 1.82) is 0 Å². The fourth-order valence-corrected chi connectivity index (χ4v) is 1.99. The number of aromatic nitrogens is 2. The van der Waals surface area contributed by atoms with Gasteiger partial charge in [-0.05, 0) is 32.0 Å². The van der Waals surface area contributed by atoms with E-state index in [4.69, 9.17) is 5.73 Å². The van der Waals surface area contributed by atoms with Gasteiger partial charge in [0.05, 0.1) is 23.5 Å². The van der Waals surface area contributed by atoms with Gasteiger partial charge in [0.25, 0.3) is 5.91 Å². The lowest BCUT2D eigenvalue weighted by molar-refractivity contribution is 0.0951. The minimum atomic E-state index is -0.167. The number of nitrogen functional groups attached to an aromatic ring is 1. The minimum absolute atomic E-state index is 0.167. The number of hydrogen-bond acceptors (Lipinski definition) is 3. The zero-order chi connectivity index (χ0) is 13.8. The molecular formula is C14H18N4O. The van der Waals surface area contributed by atoms with Gasteiger partial charge in [-0.1, -0.05) is 12.1 Å². The number of nitrogens with one attached hydrogen (secondary N) is 1. The number of carbonyl (C=O) groups excluding carboxylic acids is 1. The van der Waals surface area contributed by atoms with Gasteiger partial charge in [-0.3, -0.25) is 9.48 Å². The number of amides is 1. The van der Waals surface area contributed by atoms with Crippen LogP contribution in [0.4, 0.5) is 5.69 Å². The summed E-state index contributed by atoms with van der Waals surface area (Å²) < 4.78 is 1.88. The zero-order valence-corrected chi connectivity index (χ0v) is 11.2. The van der Waals surface area contributed by atoms with Crippen LogP contribution in [0.3, 0.4) is 0 Å². The molecule has 1 aromatic carbocycles. The van der Waals surface area contributed by atoms with E-state index < -0.39 is 0 Å². The van der Waals surface area contributed by atoms with Crippen molar-refractivity contribution in [3.05, 3.63) is 47.3 Å². The van der Waals surface area contributed by atoms with Crippen LogP contribution >= 0.6 is 0 Å². The number of hydrogen-bond donors (Lipinski definition) is 2. The van der Waals surface area contributed by atoms with Crippen LogP contribution in [0.1, 0.15) is 28.7 Å². The highest BCUT2D eigenvalue weighted by Crippen LogP contribution is 2.10. The monoisotopic (exact) mass is 258 g/mol. The molecular weight excluding hydrogens is 240 g/mol. The number of nitrogens with zero attached hydrogens (tertiary/aromatic N) is 2. The molecule has 0 bridgehead atoms. The Morgan fingerprint density at radius 2 is 2.16 bits per heavy atom. The average molecular weight is 258 g/mol. The first-order chi connectivity index (χ1) is 9.11. The van der Waals surface area contributed by atoms with Crippen molar-refractivity contribution in [2.45, 2.75) is 26.9 Å². The first-order valence-electron chi connectivity index (χ1n) is 6.28. The highest BCUT2D eigenvalue weighted by Gasteiger charge is 2.10. The number of aryl methyl sites for hydroxylation is 2. The summed E-state index contributed by atoms with van der Waals surface area (Å²) in [6.07, 6.45) is 0. The normalized spacial score (nSPS) is 10.4. The Morgan fingerprint density at radius 1 is 1.42 bits per heavy atom. The number of rotatable bonds is 4. The number of nitrogens with two attached hydrogens (primary N) is 1. The second-order valence-corrected chi connectivity index (χ2v) is 4.36. The first-order valence-corrected chi connectivity index (χ1v) is 6.28. The minimum Gasteiger partial charge on any atom is -0.398 e. The molecule has 0 aliphatic heterocycles. The molecule has 0 aliphatic carbocycles. The molecule has 2 rings (SSSR count). The molecule has 0 radical (unpaired) electrons. The van der Waals surface area contributed by atoms with Crippen LogP contribution < -0.4 is 11.1 Å². The third-order valence-corrected chi connectivity index (χ3v) is 2.92. The van der Waals surface area contributed by atoms with Crippen LogP contribution in [-0.4, -0.2) is 15.7 Å². The van der Waals surface area contributed by atoms with Gasteiger partial charge in [0.15, 0.2) is 0 Å². The molecule has 1 heterocycles. The second-order valence-electron chi connectivity index (χ2n) is 4.36. The van der Waals surface area contributed by atoms with E-state index in [2.05, 4.69) is 10.4 Å². The average Bonchev–Trinajstić information content (AvgIpc) is 2.77. The van der Waals surface area contributed by atoms with Crippen LogP contribution in [0.15, 0.2) is 30.3 Å². The van der Waals surface area contributed by atoms with Gasteiger partial charge < -0.3 is 11.1 Å². The molecule has 1 aromatic heterocycles. The molecule has 0 spiro atoms. The van der Waals surface area contributed by atoms with Gasteiger partial charge in [-0.25, -0.2) is 0 Å².